The number of aliphatic carboxylic acids is 1. The molecule has 0 saturated heterocycles. The fourth-order valence-corrected chi connectivity index (χ4v) is 7.31. The minimum atomic E-state index is -3.79. The van der Waals surface area contributed by atoms with Gasteiger partial charge in [-0.25, -0.2) is 13.2 Å². The molecule has 0 aliphatic heterocycles. The van der Waals surface area contributed by atoms with E-state index in [9.17, 15) is 27.9 Å². The number of unbranched alkanes of at least 4 members (excludes halogenated alkanes) is 1. The van der Waals surface area contributed by atoms with E-state index in [4.69, 9.17) is 0 Å². The van der Waals surface area contributed by atoms with Crippen LogP contribution >= 0.6 is 11.3 Å². The first-order valence-corrected chi connectivity index (χ1v) is 17.0. The molecule has 5 N–H and O–H groups in total. The van der Waals surface area contributed by atoms with Gasteiger partial charge in [0.1, 0.15) is 6.04 Å². The molecule has 238 valence electrons. The Morgan fingerprint density at radius 3 is 2.33 bits per heavy atom. The molecule has 10 nitrogen and oxygen atoms in total. The Kier molecular flexibility index (Phi) is 10.6. The van der Waals surface area contributed by atoms with E-state index in [2.05, 4.69) is 40.6 Å². The molecule has 0 saturated carbocycles. The summed E-state index contributed by atoms with van der Waals surface area (Å²) in [5.41, 5.74) is 3.37. The number of amides is 3. The van der Waals surface area contributed by atoms with Crippen LogP contribution in [0.1, 0.15) is 60.0 Å². The predicted octanol–water partition coefficient (Wildman–Crippen LogP) is 6.08. The third-order valence-electron chi connectivity index (χ3n) is 7.51. The van der Waals surface area contributed by atoms with Crippen molar-refractivity contribution in [3.8, 4) is 0 Å². The van der Waals surface area contributed by atoms with Gasteiger partial charge in [-0.15, -0.1) is 11.3 Å². The number of para-hydroxylation sites is 1. The lowest BCUT2D eigenvalue weighted by Crippen LogP contribution is -2.48. The Morgan fingerprint density at radius 1 is 0.956 bits per heavy atom. The van der Waals surface area contributed by atoms with Crippen LogP contribution in [-0.4, -0.2) is 49.8 Å². The Balaban J connectivity index is 1.42. The maximum Gasteiger partial charge on any atom is 0.323 e. The fraction of sp³-hybridized carbons (Fsp3) is 0.303. The number of carbonyl (C=O) groups excluding carboxylic acids is 2. The van der Waals surface area contributed by atoms with Gasteiger partial charge in [-0.3, -0.25) is 9.59 Å². The second kappa shape index (κ2) is 14.2. The summed E-state index contributed by atoms with van der Waals surface area (Å²) in [6, 6.07) is 20.7. The van der Waals surface area contributed by atoms with E-state index in [0.717, 1.165) is 31.8 Å². The normalized spacial score (nSPS) is 12.4. The lowest BCUT2D eigenvalue weighted by Gasteiger charge is -2.24. The van der Waals surface area contributed by atoms with Gasteiger partial charge in [0.25, 0.3) is 5.91 Å². The van der Waals surface area contributed by atoms with Crippen molar-refractivity contribution < 1.29 is 27.9 Å². The minimum absolute atomic E-state index is 0.179. The van der Waals surface area contributed by atoms with Crippen LogP contribution in [0.3, 0.4) is 0 Å². The van der Waals surface area contributed by atoms with E-state index < -0.39 is 34.5 Å². The number of anilines is 2. The third kappa shape index (κ3) is 8.68. The van der Waals surface area contributed by atoms with Gasteiger partial charge in [0.2, 0.25) is 10.0 Å². The monoisotopic (exact) mass is 650 g/mol. The van der Waals surface area contributed by atoms with Crippen molar-refractivity contribution in [2.24, 2.45) is 0 Å². The number of aryl methyl sites for hydroxylation is 1. The molecular formula is C33H38N4O6S2. The molecule has 0 spiro atoms. The van der Waals surface area contributed by atoms with Gasteiger partial charge in [0.05, 0.1) is 5.75 Å². The highest BCUT2D eigenvalue weighted by Crippen LogP contribution is 2.39. The number of carboxylic acid groups (broad SMARTS) is 1. The lowest BCUT2D eigenvalue weighted by atomic mass is 9.83. The number of urea groups is 1. The molecule has 4 rings (SSSR count). The zero-order valence-corrected chi connectivity index (χ0v) is 27.3. The second-order valence-corrected chi connectivity index (χ2v) is 14.3. The molecule has 4 aromatic rings. The summed E-state index contributed by atoms with van der Waals surface area (Å²) in [5, 5.41) is 18.7. The molecule has 1 heterocycles. The molecule has 0 aliphatic rings. The molecular weight excluding hydrogens is 613 g/mol. The van der Waals surface area contributed by atoms with Gasteiger partial charge in [0, 0.05) is 38.5 Å². The molecule has 0 fully saturated rings. The smallest absolute Gasteiger partial charge is 0.323 e. The molecule has 0 aliphatic carbocycles. The van der Waals surface area contributed by atoms with E-state index in [1.54, 1.807) is 23.5 Å². The molecule has 0 unspecified atom stereocenters. The number of carboxylic acids is 1. The highest BCUT2D eigenvalue weighted by Gasteiger charge is 2.27. The first-order valence-electron chi connectivity index (χ1n) is 14.6. The summed E-state index contributed by atoms with van der Waals surface area (Å²) in [6.45, 7) is 7.58. The van der Waals surface area contributed by atoms with Crippen LogP contribution in [0.15, 0.2) is 72.8 Å². The van der Waals surface area contributed by atoms with Crippen LogP contribution in [-0.2, 0) is 20.2 Å². The van der Waals surface area contributed by atoms with Crippen LogP contribution in [0, 0.1) is 6.92 Å². The fourth-order valence-electron chi connectivity index (χ4n) is 4.68. The molecule has 1 aromatic heterocycles. The number of hydrogen-bond acceptors (Lipinski definition) is 6. The molecule has 3 aromatic carbocycles. The molecule has 1 atom stereocenters. The van der Waals surface area contributed by atoms with Crippen molar-refractivity contribution >= 4 is 60.7 Å². The maximum absolute atomic E-state index is 12.9. The average Bonchev–Trinajstić information content (AvgIpc) is 3.44. The number of nitrogens with one attached hydrogen (secondary N) is 4. The molecule has 12 heteroatoms. The van der Waals surface area contributed by atoms with Gasteiger partial charge in [-0.2, -0.15) is 4.72 Å². The highest BCUT2D eigenvalue weighted by molar-refractivity contribution is 7.89. The summed E-state index contributed by atoms with van der Waals surface area (Å²) in [6.07, 6.45) is 1.06. The lowest BCUT2D eigenvalue weighted by molar-refractivity contribution is -0.138. The number of benzene rings is 3. The maximum atomic E-state index is 12.9. The first-order chi connectivity index (χ1) is 21.3. The SMILES string of the molecule is CCCCS(=O)(=O)N[C@@H](CNC(=O)c1ccc2cc(C(C)(C)c3ccc(NC(=O)Nc4ccccc4C)cc3)sc2c1)C(=O)O. The van der Waals surface area contributed by atoms with Crippen molar-refractivity contribution in [1.82, 2.24) is 10.0 Å². The largest absolute Gasteiger partial charge is 0.480 e. The number of thiophene rings is 1. The van der Waals surface area contributed by atoms with Crippen molar-refractivity contribution in [1.29, 1.82) is 0 Å². The van der Waals surface area contributed by atoms with Crippen molar-refractivity contribution in [3.63, 3.8) is 0 Å². The van der Waals surface area contributed by atoms with E-state index in [-0.39, 0.29) is 17.2 Å². The molecule has 0 radical (unpaired) electrons. The first kappa shape index (κ1) is 33.6. The summed E-state index contributed by atoms with van der Waals surface area (Å²) in [7, 11) is -3.79. The van der Waals surface area contributed by atoms with E-state index in [1.165, 1.54) is 0 Å². The zero-order valence-electron chi connectivity index (χ0n) is 25.6. The van der Waals surface area contributed by atoms with Crippen molar-refractivity contribution in [3.05, 3.63) is 94.4 Å². The van der Waals surface area contributed by atoms with Gasteiger partial charge >= 0.3 is 12.0 Å². The van der Waals surface area contributed by atoms with E-state index >= 15 is 0 Å². The number of carbonyl (C=O) groups is 3. The van der Waals surface area contributed by atoms with Crippen LogP contribution < -0.4 is 20.7 Å². The number of rotatable bonds is 13. The summed E-state index contributed by atoms with van der Waals surface area (Å²) in [4.78, 5) is 38.1. The van der Waals surface area contributed by atoms with E-state index in [1.807, 2.05) is 68.4 Å². The summed E-state index contributed by atoms with van der Waals surface area (Å²) >= 11 is 1.55. The summed E-state index contributed by atoms with van der Waals surface area (Å²) < 4.78 is 27.4. The highest BCUT2D eigenvalue weighted by atomic mass is 32.2. The Hall–Kier alpha value is -4.26. The van der Waals surface area contributed by atoms with Crippen molar-refractivity contribution in [2.45, 2.75) is 52.0 Å². The van der Waals surface area contributed by atoms with Gasteiger partial charge in [0.15, 0.2) is 0 Å². The van der Waals surface area contributed by atoms with Gasteiger partial charge < -0.3 is 21.1 Å². The number of fused-ring (bicyclic) bond motifs is 1. The minimum Gasteiger partial charge on any atom is -0.480 e. The zero-order chi connectivity index (χ0) is 32.8. The predicted molar refractivity (Wildman–Crippen MR) is 180 cm³/mol. The van der Waals surface area contributed by atoms with Gasteiger partial charge in [-0.05, 0) is 66.3 Å². The third-order valence-corrected chi connectivity index (χ3v) is 10.4. The molecule has 3 amide bonds. The Morgan fingerprint density at radius 2 is 1.67 bits per heavy atom. The standard InChI is InChI=1S/C33H38N4O6S2/c1-5-6-17-45(42,43)37-27(31(39)40)20-34-30(38)23-12-11-22-19-29(44-28(22)18-23)33(3,4)24-13-15-25(16-14-24)35-32(41)36-26-10-8-7-9-21(26)2/h7-16,18-19,27,37H,5-6,17,20H2,1-4H3,(H,34,38)(H,39,40)(H2,35,36,41)/t27-/m0/s1. The Bertz CT molecular complexity index is 1800. The van der Waals surface area contributed by atoms with E-state index in [0.29, 0.717) is 24.1 Å². The van der Waals surface area contributed by atoms with Crippen LogP contribution in [0.5, 0.6) is 0 Å². The second-order valence-electron chi connectivity index (χ2n) is 11.4. The quantitative estimate of drug-likeness (QED) is 0.118. The molecule has 45 heavy (non-hydrogen) atoms. The average molecular weight is 651 g/mol. The Labute approximate surface area is 267 Å². The topological polar surface area (TPSA) is 154 Å². The number of hydrogen-bond donors (Lipinski definition) is 5. The van der Waals surface area contributed by atoms with Crippen LogP contribution in [0.25, 0.3) is 10.1 Å². The van der Waals surface area contributed by atoms with Crippen LogP contribution in [0.2, 0.25) is 0 Å². The summed E-state index contributed by atoms with van der Waals surface area (Å²) in [5.74, 6) is -2.05. The van der Waals surface area contributed by atoms with Crippen molar-refractivity contribution in [2.75, 3.05) is 22.9 Å². The van der Waals surface area contributed by atoms with Gasteiger partial charge in [-0.1, -0.05) is 63.6 Å². The number of sulfonamides is 1. The van der Waals surface area contributed by atoms with Crippen LogP contribution in [0.4, 0.5) is 16.2 Å². The molecule has 0 bridgehead atoms.